The van der Waals surface area contributed by atoms with Gasteiger partial charge in [0.15, 0.2) is 0 Å². The molecule has 0 rings (SSSR count). The highest BCUT2D eigenvalue weighted by atomic mass is 31.1. The third-order valence-electron chi connectivity index (χ3n) is 0.311. The fourth-order valence-corrected chi connectivity index (χ4v) is 0.326. The highest BCUT2D eigenvalue weighted by molar-refractivity contribution is 7.52. The summed E-state index contributed by atoms with van der Waals surface area (Å²) in [6, 6.07) is 0. The molecule has 0 aromatic rings. The summed E-state index contributed by atoms with van der Waals surface area (Å²) >= 11 is 0. The van der Waals surface area contributed by atoms with Gasteiger partial charge in [-0.05, 0) is 0 Å². The zero-order chi connectivity index (χ0) is 6.41. The maximum absolute atomic E-state index is 6.29. The fourth-order valence-electron chi connectivity index (χ4n) is 0.109. The van der Waals surface area contributed by atoms with E-state index in [2.05, 4.69) is 25.7 Å². The molecule has 0 aliphatic carbocycles. The van der Waals surface area contributed by atoms with Crippen LogP contribution in [0.4, 0.5) is 0 Å². The molecule has 0 aromatic carbocycles. The van der Waals surface area contributed by atoms with E-state index in [0.29, 0.717) is 0 Å². The van der Waals surface area contributed by atoms with E-state index in [0.717, 1.165) is 0 Å². The van der Waals surface area contributed by atoms with Crippen LogP contribution in [0, 0.1) is 11.1 Å². The van der Waals surface area contributed by atoms with E-state index in [4.69, 9.17) is 11.1 Å². The molecule has 0 radical (unpaired) electrons. The smallest absolute Gasteiger partial charge is 0.305 e. The first-order valence-electron chi connectivity index (χ1n) is 1.51. The predicted octanol–water partition coefficient (Wildman–Crippen LogP) is 1.60. The Balaban J connectivity index is 3.69. The standard InChI is InChI=1S/H4N7P/c1-4-7-8(5-2)6-3/h2-3H,(H2,1,7). The third-order valence-corrected chi connectivity index (χ3v) is 0.932. The number of nitrogens with two attached hydrogens (primary N) is 1. The summed E-state index contributed by atoms with van der Waals surface area (Å²) in [5.74, 6) is 4.57. The van der Waals surface area contributed by atoms with Crippen molar-refractivity contribution in [1.82, 2.24) is 0 Å². The lowest BCUT2D eigenvalue weighted by Gasteiger charge is -1.84. The average molecular weight is 133 g/mol. The summed E-state index contributed by atoms with van der Waals surface area (Å²) in [7, 11) is -1.64. The van der Waals surface area contributed by atoms with Crippen molar-refractivity contribution < 1.29 is 0 Å². The van der Waals surface area contributed by atoms with Crippen LogP contribution >= 0.6 is 8.37 Å². The van der Waals surface area contributed by atoms with Crippen LogP contribution in [0.2, 0.25) is 0 Å². The van der Waals surface area contributed by atoms with E-state index in [1.165, 1.54) is 0 Å². The Kier molecular flexibility index (Phi) is 3.69. The van der Waals surface area contributed by atoms with E-state index in [1.807, 2.05) is 0 Å². The van der Waals surface area contributed by atoms with Gasteiger partial charge in [0.25, 0.3) is 0 Å². The minimum absolute atomic E-state index is 1.64. The first-order valence-corrected chi connectivity index (χ1v) is 2.71. The molecule has 4 N–H and O–H groups in total. The van der Waals surface area contributed by atoms with Gasteiger partial charge in [-0.25, -0.2) is 11.1 Å². The van der Waals surface area contributed by atoms with Crippen molar-refractivity contribution in [1.29, 1.82) is 11.1 Å². The molecule has 0 unspecified atom stereocenters. The Hall–Kier alpha value is -0.970. The first kappa shape index (κ1) is 7.03. The zero-order valence-electron chi connectivity index (χ0n) is 3.81. The van der Waals surface area contributed by atoms with Crippen molar-refractivity contribution in [3.8, 4) is 0 Å². The summed E-state index contributed by atoms with van der Waals surface area (Å²) < 4.78 is 0. The van der Waals surface area contributed by atoms with Gasteiger partial charge < -0.3 is 5.84 Å². The molecule has 8 heteroatoms. The summed E-state index contributed by atoms with van der Waals surface area (Å²) in [6.07, 6.45) is 0. The average Bonchev–Trinajstić information content (AvgIpc) is 1.83. The van der Waals surface area contributed by atoms with Crippen LogP contribution in [0.15, 0.2) is 19.9 Å². The SMILES string of the molecule is N=NP(N=N)N=NN. The zero-order valence-corrected chi connectivity index (χ0v) is 4.71. The van der Waals surface area contributed by atoms with Crippen molar-refractivity contribution in [2.45, 2.75) is 0 Å². The largest absolute Gasteiger partial charge is 0.327 e. The van der Waals surface area contributed by atoms with Crippen LogP contribution in [0.25, 0.3) is 0 Å². The minimum atomic E-state index is -1.64. The lowest BCUT2D eigenvalue weighted by molar-refractivity contribution is 1.07. The van der Waals surface area contributed by atoms with Crippen molar-refractivity contribution in [3.63, 3.8) is 0 Å². The van der Waals surface area contributed by atoms with Gasteiger partial charge in [-0.2, -0.15) is 0 Å². The molecule has 0 saturated carbocycles. The van der Waals surface area contributed by atoms with Crippen molar-refractivity contribution in [2.24, 2.45) is 25.7 Å². The molecule has 8 heavy (non-hydrogen) atoms. The van der Waals surface area contributed by atoms with Gasteiger partial charge in [0.1, 0.15) is 0 Å². The van der Waals surface area contributed by atoms with E-state index in [-0.39, 0.29) is 0 Å². The second-order valence-corrected chi connectivity index (χ2v) is 1.79. The quantitative estimate of drug-likeness (QED) is 0.230. The first-order chi connectivity index (χ1) is 3.85. The van der Waals surface area contributed by atoms with E-state index < -0.39 is 8.37 Å². The molecular weight excluding hydrogens is 129 g/mol. The van der Waals surface area contributed by atoms with Gasteiger partial charge in [-0.1, -0.05) is 10.1 Å². The van der Waals surface area contributed by atoms with Gasteiger partial charge in [-0.3, -0.25) is 0 Å². The molecule has 0 spiro atoms. The maximum atomic E-state index is 6.29. The lowest BCUT2D eigenvalue weighted by atomic mass is 12.8. The van der Waals surface area contributed by atoms with Crippen LogP contribution in [0.1, 0.15) is 0 Å². The molecule has 0 heterocycles. The summed E-state index contributed by atoms with van der Waals surface area (Å²) in [5, 5.41) is 2.80. The molecule has 0 bridgehead atoms. The normalized spacial score (nSPS) is 13.5. The predicted molar refractivity (Wildman–Crippen MR) is 26.3 cm³/mol. The molecule has 0 aromatic heterocycles. The molecule has 0 amide bonds. The van der Waals surface area contributed by atoms with Crippen molar-refractivity contribution in [3.05, 3.63) is 0 Å². The molecule has 44 valence electrons. The monoisotopic (exact) mass is 133 g/mol. The molecule has 0 atom stereocenters. The maximum Gasteiger partial charge on any atom is 0.327 e. The second-order valence-electron chi connectivity index (χ2n) is 0.673. The Labute approximate surface area is 46.3 Å². The van der Waals surface area contributed by atoms with Gasteiger partial charge in [-0.15, -0.1) is 9.77 Å². The minimum Gasteiger partial charge on any atom is -0.305 e. The third kappa shape index (κ3) is 2.25. The van der Waals surface area contributed by atoms with Crippen LogP contribution in [0.3, 0.4) is 0 Å². The number of hydrogen-bond acceptors (Lipinski definition) is 6. The molecule has 7 nitrogen and oxygen atoms in total. The Bertz CT molecular complexity index is 95.0. The van der Waals surface area contributed by atoms with Gasteiger partial charge >= 0.3 is 8.37 Å². The number of nitrogens with zero attached hydrogens (tertiary/aromatic N) is 4. The van der Waals surface area contributed by atoms with E-state index in [1.54, 1.807) is 0 Å². The second kappa shape index (κ2) is 4.20. The van der Waals surface area contributed by atoms with Gasteiger partial charge in [0, 0.05) is 0 Å². The lowest BCUT2D eigenvalue weighted by Crippen LogP contribution is -1.71. The van der Waals surface area contributed by atoms with E-state index >= 15 is 0 Å². The molecular formula is H4N7P. The van der Waals surface area contributed by atoms with Crippen molar-refractivity contribution >= 4 is 8.37 Å². The van der Waals surface area contributed by atoms with Crippen molar-refractivity contribution in [2.75, 3.05) is 0 Å². The van der Waals surface area contributed by atoms with Crippen LogP contribution in [-0.4, -0.2) is 0 Å². The molecule has 0 fully saturated rings. The summed E-state index contributed by atoms with van der Waals surface area (Å²) in [5.41, 5.74) is 12.6. The summed E-state index contributed by atoms with van der Waals surface area (Å²) in [4.78, 5) is 8.75. The number of rotatable bonds is 3. The Morgan fingerprint density at radius 2 is 1.75 bits per heavy atom. The van der Waals surface area contributed by atoms with Crippen LogP contribution in [-0.2, 0) is 0 Å². The molecule has 0 aliphatic rings. The topological polar surface area (TPSA) is 123 Å². The van der Waals surface area contributed by atoms with Crippen LogP contribution < -0.4 is 5.84 Å². The number of hydrogen-bond donors (Lipinski definition) is 3. The fraction of sp³-hybridized carbons (Fsp3) is 0. The van der Waals surface area contributed by atoms with Gasteiger partial charge in [0.2, 0.25) is 0 Å². The van der Waals surface area contributed by atoms with Gasteiger partial charge in [0.05, 0.1) is 0 Å². The van der Waals surface area contributed by atoms with E-state index in [9.17, 15) is 0 Å². The summed E-state index contributed by atoms with van der Waals surface area (Å²) in [6.45, 7) is 0. The Morgan fingerprint density at radius 3 is 1.88 bits per heavy atom. The number of nitrogens with one attached hydrogen (secondary N) is 2. The highest BCUT2D eigenvalue weighted by Gasteiger charge is 1.97. The molecule has 0 aliphatic heterocycles. The molecule has 0 saturated heterocycles. The Morgan fingerprint density at radius 1 is 1.25 bits per heavy atom. The highest BCUT2D eigenvalue weighted by Crippen LogP contribution is 2.39. The van der Waals surface area contributed by atoms with Crippen LogP contribution in [0.5, 0.6) is 0 Å².